The standard InChI is InChI=1S/C6H13NOS/c1-9(2,8)7-6-4-3-5-6/h6H,1,3-5H2,2H3,(H,7,8). The first-order valence-electron chi connectivity index (χ1n) is 3.17. The van der Waals surface area contributed by atoms with Gasteiger partial charge in [-0.3, -0.25) is 4.21 Å². The van der Waals surface area contributed by atoms with Gasteiger partial charge in [0.1, 0.15) is 0 Å². The fourth-order valence-corrected chi connectivity index (χ4v) is 1.82. The summed E-state index contributed by atoms with van der Waals surface area (Å²) in [4.78, 5) is 0. The quantitative estimate of drug-likeness (QED) is 0.562. The van der Waals surface area contributed by atoms with Crippen LogP contribution in [0.25, 0.3) is 0 Å². The van der Waals surface area contributed by atoms with Gasteiger partial charge in [0.2, 0.25) is 0 Å². The summed E-state index contributed by atoms with van der Waals surface area (Å²) in [6.45, 7) is 0. The molecule has 2 nitrogen and oxygen atoms in total. The smallest absolute Gasteiger partial charge is 0.0222 e. The van der Waals surface area contributed by atoms with Crippen molar-refractivity contribution in [3.63, 3.8) is 0 Å². The average molecular weight is 147 g/mol. The SMILES string of the molecule is C=S(C)(=O)NC1CCC1. The molecular formula is C6H13NOS. The summed E-state index contributed by atoms with van der Waals surface area (Å²) in [5.74, 6) is 3.51. The molecule has 1 atom stereocenters. The summed E-state index contributed by atoms with van der Waals surface area (Å²) in [6, 6.07) is 0.486. The Morgan fingerprint density at radius 2 is 2.22 bits per heavy atom. The van der Waals surface area contributed by atoms with E-state index in [-0.39, 0.29) is 0 Å². The molecule has 0 radical (unpaired) electrons. The number of nitrogens with one attached hydrogen (secondary N) is 1. The molecular weight excluding hydrogens is 134 g/mol. The molecule has 0 spiro atoms. The fourth-order valence-electron chi connectivity index (χ4n) is 0.879. The van der Waals surface area contributed by atoms with Crippen molar-refractivity contribution in [2.24, 2.45) is 0 Å². The van der Waals surface area contributed by atoms with Crippen molar-refractivity contribution in [3.05, 3.63) is 0 Å². The molecule has 1 saturated carbocycles. The van der Waals surface area contributed by atoms with Crippen LogP contribution >= 0.6 is 0 Å². The van der Waals surface area contributed by atoms with E-state index in [9.17, 15) is 4.21 Å². The van der Waals surface area contributed by atoms with E-state index in [1.54, 1.807) is 6.26 Å². The molecule has 1 fully saturated rings. The number of hydrogen-bond acceptors (Lipinski definition) is 1. The van der Waals surface area contributed by atoms with Crippen LogP contribution in [-0.4, -0.2) is 22.4 Å². The van der Waals surface area contributed by atoms with Gasteiger partial charge >= 0.3 is 0 Å². The minimum absolute atomic E-state index is 0.486. The molecule has 9 heavy (non-hydrogen) atoms. The fraction of sp³-hybridized carbons (Fsp3) is 0.833. The van der Waals surface area contributed by atoms with Crippen molar-refractivity contribution in [1.82, 2.24) is 4.72 Å². The van der Waals surface area contributed by atoms with Crippen molar-refractivity contribution >= 4 is 15.6 Å². The van der Waals surface area contributed by atoms with Gasteiger partial charge in [-0.15, -0.1) is 0 Å². The minimum Gasteiger partial charge on any atom is -0.253 e. The van der Waals surface area contributed by atoms with Crippen LogP contribution < -0.4 is 4.72 Å². The summed E-state index contributed by atoms with van der Waals surface area (Å²) in [5.41, 5.74) is 0. The Morgan fingerprint density at radius 3 is 2.33 bits per heavy atom. The van der Waals surface area contributed by atoms with E-state index in [4.69, 9.17) is 0 Å². The third-order valence-corrected chi connectivity index (χ3v) is 2.35. The molecule has 0 saturated heterocycles. The first-order chi connectivity index (χ1) is 4.08. The maximum atomic E-state index is 11.0. The summed E-state index contributed by atoms with van der Waals surface area (Å²) in [6.07, 6.45) is 5.25. The molecule has 1 N–H and O–H groups in total. The lowest BCUT2D eigenvalue weighted by atomic mass is 9.94. The summed E-state index contributed by atoms with van der Waals surface area (Å²) in [7, 11) is -1.93. The molecule has 0 heterocycles. The lowest BCUT2D eigenvalue weighted by Gasteiger charge is -2.26. The summed E-state index contributed by atoms with van der Waals surface area (Å²) >= 11 is 0. The zero-order valence-electron chi connectivity index (χ0n) is 5.72. The maximum Gasteiger partial charge on any atom is 0.0222 e. The molecule has 0 aromatic rings. The molecule has 0 aliphatic heterocycles. The Labute approximate surface area is 56.8 Å². The van der Waals surface area contributed by atoms with Gasteiger partial charge in [0, 0.05) is 22.0 Å². The van der Waals surface area contributed by atoms with Gasteiger partial charge < -0.3 is 0 Å². The predicted molar refractivity (Wildman–Crippen MR) is 42.0 cm³/mol. The Morgan fingerprint density at radius 1 is 1.67 bits per heavy atom. The monoisotopic (exact) mass is 147 g/mol. The molecule has 0 bridgehead atoms. The number of hydrogen-bond donors (Lipinski definition) is 1. The minimum atomic E-state index is -1.93. The lowest BCUT2D eigenvalue weighted by molar-refractivity contribution is 0.390. The molecule has 0 amide bonds. The molecule has 54 valence electrons. The number of rotatable bonds is 2. The van der Waals surface area contributed by atoms with E-state index >= 15 is 0 Å². The Kier molecular flexibility index (Phi) is 1.82. The first kappa shape index (κ1) is 7.09. The van der Waals surface area contributed by atoms with Gasteiger partial charge in [-0.1, -0.05) is 6.42 Å². The van der Waals surface area contributed by atoms with E-state index in [1.165, 1.54) is 19.3 Å². The van der Waals surface area contributed by atoms with Crippen molar-refractivity contribution < 1.29 is 4.21 Å². The normalized spacial score (nSPS) is 26.8. The van der Waals surface area contributed by atoms with Gasteiger partial charge in [0.15, 0.2) is 0 Å². The van der Waals surface area contributed by atoms with Crippen LogP contribution in [0.1, 0.15) is 19.3 Å². The Bertz CT molecular complexity index is 179. The van der Waals surface area contributed by atoms with E-state index in [0.29, 0.717) is 6.04 Å². The highest BCUT2D eigenvalue weighted by atomic mass is 32.2. The second-order valence-corrected chi connectivity index (χ2v) is 5.00. The van der Waals surface area contributed by atoms with Crippen LogP contribution in [0, 0.1) is 0 Å². The van der Waals surface area contributed by atoms with Gasteiger partial charge in [0.25, 0.3) is 0 Å². The zero-order valence-corrected chi connectivity index (χ0v) is 6.54. The highest BCUT2D eigenvalue weighted by Crippen LogP contribution is 2.18. The van der Waals surface area contributed by atoms with E-state index in [2.05, 4.69) is 10.6 Å². The van der Waals surface area contributed by atoms with E-state index in [0.717, 1.165) is 0 Å². The second-order valence-electron chi connectivity index (χ2n) is 2.75. The molecule has 1 aliphatic carbocycles. The van der Waals surface area contributed by atoms with Gasteiger partial charge in [-0.25, -0.2) is 4.72 Å². The van der Waals surface area contributed by atoms with Crippen LogP contribution in [0.3, 0.4) is 0 Å². The average Bonchev–Trinajstić information content (AvgIpc) is 1.53. The highest BCUT2D eigenvalue weighted by Gasteiger charge is 2.17. The van der Waals surface area contributed by atoms with E-state index in [1.807, 2.05) is 0 Å². The molecule has 1 unspecified atom stereocenters. The van der Waals surface area contributed by atoms with Crippen molar-refractivity contribution in [1.29, 1.82) is 0 Å². The molecule has 0 aromatic carbocycles. The third-order valence-electron chi connectivity index (χ3n) is 1.52. The lowest BCUT2D eigenvalue weighted by Crippen LogP contribution is -2.38. The molecule has 3 heteroatoms. The topological polar surface area (TPSA) is 29.1 Å². The van der Waals surface area contributed by atoms with Gasteiger partial charge in [-0.05, 0) is 18.7 Å². The molecule has 0 aromatic heterocycles. The van der Waals surface area contributed by atoms with Crippen LogP contribution in [0.4, 0.5) is 0 Å². The Balaban J connectivity index is 2.33. The highest BCUT2D eigenvalue weighted by molar-refractivity contribution is 7.97. The van der Waals surface area contributed by atoms with Crippen LogP contribution in [-0.2, 0) is 9.71 Å². The maximum absolute atomic E-state index is 11.0. The largest absolute Gasteiger partial charge is 0.253 e. The molecule has 1 rings (SSSR count). The van der Waals surface area contributed by atoms with E-state index < -0.39 is 9.71 Å². The van der Waals surface area contributed by atoms with Crippen molar-refractivity contribution in [2.45, 2.75) is 25.3 Å². The summed E-state index contributed by atoms with van der Waals surface area (Å²) < 4.78 is 13.9. The molecule has 1 aliphatic rings. The van der Waals surface area contributed by atoms with Crippen LogP contribution in [0.5, 0.6) is 0 Å². The van der Waals surface area contributed by atoms with Gasteiger partial charge in [-0.2, -0.15) is 0 Å². The Hall–Kier alpha value is -0.0200. The van der Waals surface area contributed by atoms with Crippen molar-refractivity contribution in [3.8, 4) is 0 Å². The van der Waals surface area contributed by atoms with Crippen LogP contribution in [0.2, 0.25) is 0 Å². The summed E-state index contributed by atoms with van der Waals surface area (Å²) in [5, 5.41) is 0. The van der Waals surface area contributed by atoms with Gasteiger partial charge in [0.05, 0.1) is 0 Å². The van der Waals surface area contributed by atoms with Crippen molar-refractivity contribution in [2.75, 3.05) is 6.26 Å². The van der Waals surface area contributed by atoms with Crippen LogP contribution in [0.15, 0.2) is 0 Å². The second kappa shape index (κ2) is 2.31. The zero-order chi connectivity index (χ0) is 6.91. The third kappa shape index (κ3) is 2.37. The predicted octanol–water partition coefficient (Wildman–Crippen LogP) is 0.390. The first-order valence-corrected chi connectivity index (χ1v) is 5.31.